The molecule has 6 aromatic rings. The number of benzene rings is 5. The molecule has 0 saturated heterocycles. The number of anilines is 2. The van der Waals surface area contributed by atoms with Gasteiger partial charge in [-0.15, -0.1) is 11.3 Å². The average Bonchev–Trinajstić information content (AvgIpc) is 3.33. The molecule has 0 radical (unpaired) electrons. The molecule has 1 N–H and O–H groups in total. The van der Waals surface area contributed by atoms with Crippen LogP contribution in [0.4, 0.5) is 11.4 Å². The second-order valence-electron chi connectivity index (χ2n) is 9.50. The molecule has 0 unspecified atom stereocenters. The Morgan fingerprint density at radius 2 is 1.42 bits per heavy atom. The zero-order chi connectivity index (χ0) is 22.2. The van der Waals surface area contributed by atoms with Gasteiger partial charge in [0.15, 0.2) is 0 Å². The summed E-state index contributed by atoms with van der Waals surface area (Å²) in [6.07, 6.45) is 0. The number of hydrogen-bond donors (Lipinski definition) is 1. The van der Waals surface area contributed by atoms with E-state index in [-0.39, 0.29) is 5.41 Å². The summed E-state index contributed by atoms with van der Waals surface area (Å²) in [6.45, 7) is 4.72. The highest BCUT2D eigenvalue weighted by atomic mass is 32.1. The first-order chi connectivity index (χ1) is 16.1. The van der Waals surface area contributed by atoms with Gasteiger partial charge < -0.3 is 5.32 Å². The Morgan fingerprint density at radius 3 is 2.33 bits per heavy atom. The Kier molecular flexibility index (Phi) is 3.83. The first kappa shape index (κ1) is 18.9. The molecule has 1 aliphatic carbocycles. The summed E-state index contributed by atoms with van der Waals surface area (Å²) in [5.41, 5.74) is 7.81. The second-order valence-corrected chi connectivity index (χ2v) is 10.6. The molecule has 33 heavy (non-hydrogen) atoms. The van der Waals surface area contributed by atoms with Gasteiger partial charge in [0.25, 0.3) is 0 Å². The maximum Gasteiger partial charge on any atom is 0.0478 e. The molecule has 0 aliphatic heterocycles. The zero-order valence-corrected chi connectivity index (χ0v) is 19.5. The monoisotopic (exact) mass is 441 g/mol. The highest BCUT2D eigenvalue weighted by Crippen LogP contribution is 2.52. The van der Waals surface area contributed by atoms with E-state index in [1.807, 2.05) is 11.3 Å². The van der Waals surface area contributed by atoms with Crippen LogP contribution in [0.2, 0.25) is 0 Å². The third-order valence-corrected chi connectivity index (χ3v) is 8.35. The summed E-state index contributed by atoms with van der Waals surface area (Å²) in [5.74, 6) is 0. The van der Waals surface area contributed by atoms with Crippen LogP contribution in [-0.2, 0) is 5.41 Å². The quantitative estimate of drug-likeness (QED) is 0.282. The maximum absolute atomic E-state index is 3.76. The van der Waals surface area contributed by atoms with Gasteiger partial charge in [-0.25, -0.2) is 0 Å². The Bertz CT molecular complexity index is 1720. The van der Waals surface area contributed by atoms with Crippen LogP contribution in [0.1, 0.15) is 25.0 Å². The van der Waals surface area contributed by atoms with Gasteiger partial charge in [-0.1, -0.05) is 80.6 Å². The standard InChI is InChI=1S/C31H23NS/c1-31(2)25-18-20(15-17-22(25)23-16-14-19-8-3-4-9-21(19)30(23)31)32-26-11-7-13-28-29(26)24-10-5-6-12-27(24)33-28/h3-18,32H,1-2H3. The number of hydrogen-bond acceptors (Lipinski definition) is 2. The van der Waals surface area contributed by atoms with E-state index in [4.69, 9.17) is 0 Å². The smallest absolute Gasteiger partial charge is 0.0478 e. The van der Waals surface area contributed by atoms with Gasteiger partial charge in [0.05, 0.1) is 0 Å². The third-order valence-electron chi connectivity index (χ3n) is 7.22. The van der Waals surface area contributed by atoms with Crippen molar-refractivity contribution in [2.45, 2.75) is 19.3 Å². The highest BCUT2D eigenvalue weighted by molar-refractivity contribution is 7.25. The van der Waals surface area contributed by atoms with Crippen molar-refractivity contribution in [3.8, 4) is 11.1 Å². The molecule has 0 fully saturated rings. The summed E-state index contributed by atoms with van der Waals surface area (Å²) >= 11 is 1.86. The van der Waals surface area contributed by atoms with Crippen LogP contribution in [0.5, 0.6) is 0 Å². The molecule has 0 spiro atoms. The van der Waals surface area contributed by atoms with E-state index in [1.165, 1.54) is 58.9 Å². The fourth-order valence-electron chi connectivity index (χ4n) is 5.71. The minimum Gasteiger partial charge on any atom is -0.355 e. The largest absolute Gasteiger partial charge is 0.355 e. The molecular formula is C31H23NS. The van der Waals surface area contributed by atoms with Crippen LogP contribution in [0.25, 0.3) is 42.1 Å². The lowest BCUT2D eigenvalue weighted by molar-refractivity contribution is 0.666. The molecule has 0 amide bonds. The summed E-state index contributed by atoms with van der Waals surface area (Å²) in [5, 5.41) is 9.07. The lowest BCUT2D eigenvalue weighted by Crippen LogP contribution is -2.15. The SMILES string of the molecule is CC1(C)c2cc(Nc3cccc4sc5ccccc5c34)ccc2-c2ccc3ccccc3c21. The molecule has 158 valence electrons. The normalized spacial score (nSPS) is 14.0. The van der Waals surface area contributed by atoms with Crippen molar-refractivity contribution in [1.82, 2.24) is 0 Å². The van der Waals surface area contributed by atoms with Crippen LogP contribution in [-0.4, -0.2) is 0 Å². The van der Waals surface area contributed by atoms with Crippen molar-refractivity contribution in [2.24, 2.45) is 0 Å². The predicted molar refractivity (Wildman–Crippen MR) is 144 cm³/mol. The van der Waals surface area contributed by atoms with Crippen molar-refractivity contribution < 1.29 is 0 Å². The van der Waals surface area contributed by atoms with E-state index in [0.717, 1.165) is 5.69 Å². The number of nitrogens with one attached hydrogen (secondary N) is 1. The molecule has 2 heteroatoms. The number of fused-ring (bicyclic) bond motifs is 8. The van der Waals surface area contributed by atoms with Gasteiger partial charge >= 0.3 is 0 Å². The van der Waals surface area contributed by atoms with Gasteiger partial charge in [0.2, 0.25) is 0 Å². The summed E-state index contributed by atoms with van der Waals surface area (Å²) in [4.78, 5) is 0. The van der Waals surface area contributed by atoms with E-state index in [9.17, 15) is 0 Å². The van der Waals surface area contributed by atoms with Crippen LogP contribution in [0.3, 0.4) is 0 Å². The molecular weight excluding hydrogens is 418 g/mol. The fourth-order valence-corrected chi connectivity index (χ4v) is 6.84. The number of thiophene rings is 1. The Labute approximate surface area is 197 Å². The van der Waals surface area contributed by atoms with Crippen molar-refractivity contribution in [2.75, 3.05) is 5.32 Å². The number of rotatable bonds is 2. The van der Waals surface area contributed by atoms with Gasteiger partial charge in [-0.3, -0.25) is 0 Å². The van der Waals surface area contributed by atoms with Crippen LogP contribution >= 0.6 is 11.3 Å². The first-order valence-electron chi connectivity index (χ1n) is 11.5. The summed E-state index contributed by atoms with van der Waals surface area (Å²) < 4.78 is 2.65. The van der Waals surface area contributed by atoms with E-state index in [2.05, 4.69) is 116 Å². The van der Waals surface area contributed by atoms with Crippen molar-refractivity contribution in [1.29, 1.82) is 0 Å². The molecule has 5 aromatic carbocycles. The molecule has 0 atom stereocenters. The molecule has 1 heterocycles. The lowest BCUT2D eigenvalue weighted by Gasteiger charge is -2.23. The van der Waals surface area contributed by atoms with E-state index < -0.39 is 0 Å². The van der Waals surface area contributed by atoms with Gasteiger partial charge in [-0.05, 0) is 63.4 Å². The average molecular weight is 442 g/mol. The highest BCUT2D eigenvalue weighted by Gasteiger charge is 2.36. The molecule has 1 nitrogen and oxygen atoms in total. The van der Waals surface area contributed by atoms with E-state index in [0.29, 0.717) is 0 Å². The maximum atomic E-state index is 3.76. The summed E-state index contributed by atoms with van der Waals surface area (Å²) in [7, 11) is 0. The first-order valence-corrected chi connectivity index (χ1v) is 12.3. The Hall–Kier alpha value is -3.62. The molecule has 0 bridgehead atoms. The van der Waals surface area contributed by atoms with Gasteiger partial charge in [0.1, 0.15) is 0 Å². The van der Waals surface area contributed by atoms with Crippen LogP contribution in [0, 0.1) is 0 Å². The lowest BCUT2D eigenvalue weighted by atomic mass is 9.80. The van der Waals surface area contributed by atoms with Gasteiger partial charge in [-0.2, -0.15) is 0 Å². The van der Waals surface area contributed by atoms with Crippen LogP contribution in [0.15, 0.2) is 97.1 Å². The van der Waals surface area contributed by atoms with E-state index >= 15 is 0 Å². The molecule has 1 aliphatic rings. The predicted octanol–water partition coefficient (Wildman–Crippen LogP) is 9.26. The second kappa shape index (κ2) is 6.69. The fraction of sp³-hybridized carbons (Fsp3) is 0.0968. The van der Waals surface area contributed by atoms with Crippen molar-refractivity contribution >= 4 is 53.7 Å². The third kappa shape index (κ3) is 2.65. The minimum absolute atomic E-state index is 0.0513. The molecule has 1 aromatic heterocycles. The minimum atomic E-state index is -0.0513. The topological polar surface area (TPSA) is 12.0 Å². The van der Waals surface area contributed by atoms with Gasteiger partial charge in [0, 0.05) is 37.0 Å². The van der Waals surface area contributed by atoms with Crippen molar-refractivity contribution in [3.05, 3.63) is 108 Å². The van der Waals surface area contributed by atoms with Crippen LogP contribution < -0.4 is 5.32 Å². The molecule has 7 rings (SSSR count). The Balaban J connectivity index is 1.37. The zero-order valence-electron chi connectivity index (χ0n) is 18.6. The van der Waals surface area contributed by atoms with E-state index in [1.54, 1.807) is 0 Å². The molecule has 0 saturated carbocycles. The Morgan fingerprint density at radius 1 is 0.667 bits per heavy atom. The van der Waals surface area contributed by atoms with Crippen molar-refractivity contribution in [3.63, 3.8) is 0 Å². The summed E-state index contributed by atoms with van der Waals surface area (Å²) in [6, 6.07) is 35.5.